The number of aryl methyl sites for hydroxylation is 4. The van der Waals surface area contributed by atoms with Gasteiger partial charge in [-0.1, -0.05) is 90.0 Å². The number of H-pyrrole nitrogens is 2. The Morgan fingerprint density at radius 2 is 1.40 bits per heavy atom. The van der Waals surface area contributed by atoms with Crippen LogP contribution in [0.2, 0.25) is 0 Å². The number of nitrogens with zero attached hydrogens (tertiary/aromatic N) is 5. The van der Waals surface area contributed by atoms with Crippen molar-refractivity contribution in [2.24, 2.45) is 16.9 Å². The van der Waals surface area contributed by atoms with Gasteiger partial charge in [0, 0.05) is 50.7 Å². The number of aliphatic hydroxyl groups is 2. The zero-order chi connectivity index (χ0) is 81.3. The number of carboxylic acid groups (broad SMARTS) is 1. The first-order valence-electron chi connectivity index (χ1n) is 36.7. The van der Waals surface area contributed by atoms with Gasteiger partial charge in [0.1, 0.15) is 64.8 Å². The number of rotatable bonds is 43. The van der Waals surface area contributed by atoms with Crippen molar-refractivity contribution < 1.29 is 82.0 Å². The summed E-state index contributed by atoms with van der Waals surface area (Å²) in [6.07, 6.45) is 1.03. The van der Waals surface area contributed by atoms with Crippen molar-refractivity contribution in [3.05, 3.63) is 148 Å². The Balaban J connectivity index is 1.03. The van der Waals surface area contributed by atoms with Gasteiger partial charge in [0.25, 0.3) is 0 Å². The van der Waals surface area contributed by atoms with Crippen LogP contribution in [0.5, 0.6) is 5.75 Å². The van der Waals surface area contributed by atoms with Gasteiger partial charge < -0.3 is 89.3 Å². The fourth-order valence-corrected chi connectivity index (χ4v) is 12.7. The minimum atomic E-state index is -2.35. The van der Waals surface area contributed by atoms with Crippen LogP contribution in [0.4, 0.5) is 4.39 Å². The van der Waals surface area contributed by atoms with Crippen LogP contribution in [0, 0.1) is 25.1 Å². The number of benzene rings is 4. The number of hydrogen-bond donors (Lipinski definition) is 16. The molecule has 7 rings (SSSR count). The third-order valence-corrected chi connectivity index (χ3v) is 19.0. The fourth-order valence-electron chi connectivity index (χ4n) is 12.7. The van der Waals surface area contributed by atoms with Crippen molar-refractivity contribution in [2.75, 3.05) is 32.8 Å². The van der Waals surface area contributed by atoms with E-state index in [1.165, 1.54) is 36.4 Å². The molecule has 598 valence electrons. The van der Waals surface area contributed by atoms with E-state index in [2.05, 4.69) is 78.4 Å². The number of unbranched alkanes of at least 4 members (excludes halogenated alkanes) is 1. The Morgan fingerprint density at radius 3 is 2.03 bits per heavy atom. The summed E-state index contributed by atoms with van der Waals surface area (Å²) in [5, 5.41) is 67.3. The standard InChI is InChI=1S/C76H101FN18O16/c1-9-49-35-53(111-30-13-12-27-78)23-24-54(49)50-21-19-47(20-22-50)34-57(68(104)84-56(65(79)101)18-14-15-48-32-42(2)31-43(3)33-48)86-69(105)59(37-62(99)100)85-66(102)44(4)83-70(106)63(45(5)96)89-73(109)76(8,38-51-16-10-11-17-55(51)77)90-71(107)64(46(6)97)88-61(98)40-81-67(103)58(36-60-91-93-94-92-60)87-72(108)75(7)26-29-95(74(75)110)28-25-52-39-80-41-82-52/h10-11,16-17,19-24,31-33,35,39,41,44-46,56-59,63-64,96-97H,9,12-15,18,25-30,34,36-38,40,78H2,1-8H3,(H2,79,101)(H,80,82)(H,81,103)(H,83,106)(H,84,104)(H,85,102)(H,86,105)(H,87,108)(H,88,98)(H,89,109)(H,90,107)(H,99,100)(H,91,92,93,94)/t44-,45+,46+,56-,57-,58-,59-,63-,64-,75+,76-/m0/s1. The number of hydrogen-bond acceptors (Lipinski definition) is 20. The molecule has 1 aliphatic rings. The van der Waals surface area contributed by atoms with Crippen LogP contribution in [0.3, 0.4) is 0 Å². The molecule has 0 bridgehead atoms. The summed E-state index contributed by atoms with van der Waals surface area (Å²) in [6.45, 7) is 12.4. The summed E-state index contributed by atoms with van der Waals surface area (Å²) in [6, 6.07) is 12.1. The molecule has 0 unspecified atom stereocenters. The lowest BCUT2D eigenvalue weighted by Crippen LogP contribution is -2.66. The van der Waals surface area contributed by atoms with E-state index in [0.29, 0.717) is 50.1 Å². The highest BCUT2D eigenvalue weighted by molar-refractivity contribution is 6.07. The molecule has 0 spiro atoms. The second-order valence-electron chi connectivity index (χ2n) is 28.3. The number of ether oxygens (including phenoxy) is 1. The van der Waals surface area contributed by atoms with E-state index >= 15 is 4.39 Å². The van der Waals surface area contributed by atoms with E-state index in [9.17, 15) is 72.9 Å². The van der Waals surface area contributed by atoms with Crippen molar-refractivity contribution >= 4 is 70.9 Å². The number of tetrazole rings is 1. The smallest absolute Gasteiger partial charge is 0.305 e. The van der Waals surface area contributed by atoms with Crippen molar-refractivity contribution in [1.29, 1.82) is 0 Å². The number of likely N-dealkylation sites (tertiary alicyclic amines) is 1. The number of aromatic amines is 2. The molecule has 1 fully saturated rings. The largest absolute Gasteiger partial charge is 0.494 e. The third kappa shape index (κ3) is 25.2. The van der Waals surface area contributed by atoms with Gasteiger partial charge >= 0.3 is 5.97 Å². The fraction of sp³-hybridized carbons (Fsp3) is 0.474. The molecule has 34 nitrogen and oxygen atoms in total. The number of primary amides is 1. The lowest BCUT2D eigenvalue weighted by molar-refractivity contribution is -0.146. The highest BCUT2D eigenvalue weighted by Gasteiger charge is 2.50. The van der Waals surface area contributed by atoms with Crippen LogP contribution >= 0.6 is 0 Å². The number of imidazole rings is 1. The normalized spacial score (nSPS) is 16.3. The Morgan fingerprint density at radius 1 is 0.730 bits per heavy atom. The number of nitrogens with one attached hydrogen (secondary N) is 11. The van der Waals surface area contributed by atoms with Gasteiger partial charge in [-0.3, -0.25) is 57.5 Å². The minimum Gasteiger partial charge on any atom is -0.494 e. The van der Waals surface area contributed by atoms with Crippen LogP contribution in [-0.2, 0) is 96.1 Å². The maximum atomic E-state index is 15.5. The average molecular weight is 1540 g/mol. The summed E-state index contributed by atoms with van der Waals surface area (Å²) >= 11 is 0. The summed E-state index contributed by atoms with van der Waals surface area (Å²) in [4.78, 5) is 175. The highest BCUT2D eigenvalue weighted by Crippen LogP contribution is 2.33. The Labute approximate surface area is 640 Å². The van der Waals surface area contributed by atoms with E-state index in [4.69, 9.17) is 16.2 Å². The maximum Gasteiger partial charge on any atom is 0.305 e. The van der Waals surface area contributed by atoms with Gasteiger partial charge in [-0.05, 0) is 152 Å². The quantitative estimate of drug-likeness (QED) is 0.0172. The molecule has 35 heteroatoms. The van der Waals surface area contributed by atoms with Gasteiger partial charge in [0.05, 0.1) is 38.1 Å². The molecule has 0 saturated carbocycles. The highest BCUT2D eigenvalue weighted by atomic mass is 19.1. The number of carbonyl (C=O) groups excluding carboxylic acids is 11. The van der Waals surface area contributed by atoms with Gasteiger partial charge in [-0.15, -0.1) is 10.2 Å². The maximum absolute atomic E-state index is 15.5. The van der Waals surface area contributed by atoms with Crippen LogP contribution < -0.4 is 64.1 Å². The first-order chi connectivity index (χ1) is 52.7. The Kier molecular flexibility index (Phi) is 31.8. The molecule has 11 amide bonds. The minimum absolute atomic E-state index is 0.0350. The van der Waals surface area contributed by atoms with E-state index < -0.39 is 162 Å². The van der Waals surface area contributed by atoms with Crippen molar-refractivity contribution in [3.63, 3.8) is 0 Å². The summed E-state index contributed by atoms with van der Waals surface area (Å²) in [5.41, 5.74) is 14.4. The molecule has 111 heavy (non-hydrogen) atoms. The Hall–Kier alpha value is -11.6. The molecular formula is C76H101FN18O16. The molecule has 0 aliphatic carbocycles. The number of aliphatic carboxylic acids is 1. The molecule has 1 saturated heterocycles. The van der Waals surface area contributed by atoms with E-state index in [-0.39, 0.29) is 50.2 Å². The van der Waals surface area contributed by atoms with Crippen LogP contribution in [0.1, 0.15) is 125 Å². The van der Waals surface area contributed by atoms with Crippen LogP contribution in [0.15, 0.2) is 97.5 Å². The van der Waals surface area contributed by atoms with Crippen molar-refractivity contribution in [1.82, 2.24) is 83.3 Å². The van der Waals surface area contributed by atoms with Gasteiger partial charge in [0.2, 0.25) is 65.0 Å². The number of amides is 11. The third-order valence-electron chi connectivity index (χ3n) is 19.0. The molecule has 2 aromatic heterocycles. The molecule has 0 radical (unpaired) electrons. The van der Waals surface area contributed by atoms with E-state index in [0.717, 1.165) is 85.7 Å². The first-order valence-corrected chi connectivity index (χ1v) is 36.7. The number of halogens is 1. The lowest BCUT2D eigenvalue weighted by atomic mass is 9.87. The number of carboxylic acids is 1. The molecule has 6 aromatic rings. The molecule has 1 aliphatic heterocycles. The summed E-state index contributed by atoms with van der Waals surface area (Å²) < 4.78 is 21.5. The van der Waals surface area contributed by atoms with Crippen molar-refractivity contribution in [2.45, 2.75) is 192 Å². The summed E-state index contributed by atoms with van der Waals surface area (Å²) in [7, 11) is 0. The average Bonchev–Trinajstić information content (AvgIpc) is 1.59. The molecule has 4 aromatic carbocycles. The predicted molar refractivity (Wildman–Crippen MR) is 401 cm³/mol. The second-order valence-corrected chi connectivity index (χ2v) is 28.3. The zero-order valence-corrected chi connectivity index (χ0v) is 63.4. The van der Waals surface area contributed by atoms with Crippen molar-refractivity contribution in [3.8, 4) is 16.9 Å². The van der Waals surface area contributed by atoms with Crippen LogP contribution in [0.25, 0.3) is 11.1 Å². The zero-order valence-electron chi connectivity index (χ0n) is 63.4. The second kappa shape index (κ2) is 40.7. The van der Waals surface area contributed by atoms with Gasteiger partial charge in [0.15, 0.2) is 5.82 Å². The predicted octanol–water partition coefficient (Wildman–Crippen LogP) is -0.316. The topological polar surface area (TPSA) is 521 Å². The number of aromatic nitrogens is 6. The molecular weight excluding hydrogens is 1440 g/mol. The van der Waals surface area contributed by atoms with Crippen LogP contribution in [-0.4, -0.2) is 215 Å². The number of aliphatic hydroxyl groups excluding tert-OH is 2. The Bertz CT molecular complexity index is 4220. The molecule has 11 atom stereocenters. The monoisotopic (exact) mass is 1540 g/mol. The first kappa shape index (κ1) is 86.6. The van der Waals surface area contributed by atoms with Gasteiger partial charge in [-0.25, -0.2) is 9.37 Å². The van der Waals surface area contributed by atoms with E-state index in [1.807, 2.05) is 69.3 Å². The van der Waals surface area contributed by atoms with E-state index in [1.54, 1.807) is 18.3 Å². The lowest BCUT2D eigenvalue weighted by Gasteiger charge is -2.34. The molecule has 3 heterocycles. The SMILES string of the molecule is CCc1cc(OCCCCN)ccc1-c1ccc(C[C@H](NC(=O)[C@H](CC(=O)O)NC(=O)[C@H](C)NC(=O)[C@@H](NC(=O)[C@](C)(Cc2ccccc2F)NC(=O)[C@@H](NC(=O)CNC(=O)[C@H](Cc2nn[nH]n2)NC(=O)[C@@]2(C)CCN(CCc3cnc[nH]3)C2=O)[C@@H](C)O)[C@@H](C)O)C(=O)N[C@@H](CCCc2cc(C)cc(C)c2)C(N)=O)cc1. The number of carbonyl (C=O) groups is 12. The molecule has 18 N–H and O–H groups in total. The number of nitrogens with two attached hydrogens (primary N) is 2. The van der Waals surface area contributed by atoms with Gasteiger partial charge in [-0.2, -0.15) is 5.21 Å². The summed E-state index contributed by atoms with van der Waals surface area (Å²) in [5.74, 6) is -13.1.